The third kappa shape index (κ3) is 3.17. The first kappa shape index (κ1) is 14.9. The molecule has 2 rings (SSSR count). The second-order valence-electron chi connectivity index (χ2n) is 4.76. The average Bonchev–Trinajstić information content (AvgIpc) is 2.53. The number of carbonyl (C=O) groups is 2. The third-order valence-corrected chi connectivity index (χ3v) is 3.35. The van der Waals surface area contributed by atoms with Crippen molar-refractivity contribution in [3.8, 4) is 0 Å². The first-order valence-electron chi connectivity index (χ1n) is 6.63. The summed E-state index contributed by atoms with van der Waals surface area (Å²) in [6, 6.07) is 17.1. The van der Waals surface area contributed by atoms with Gasteiger partial charge in [-0.25, -0.2) is 0 Å². The quantitative estimate of drug-likeness (QED) is 0.854. The number of rotatable bonds is 6. The molecule has 0 fully saturated rings. The van der Waals surface area contributed by atoms with E-state index in [-0.39, 0.29) is 12.8 Å². The number of Topliss-reactive ketones (excluding diaryl/α,β-unsaturated/α-hetero) is 1. The molecule has 0 saturated carbocycles. The van der Waals surface area contributed by atoms with E-state index < -0.39 is 17.4 Å². The van der Waals surface area contributed by atoms with Gasteiger partial charge in [-0.1, -0.05) is 60.7 Å². The molecule has 2 N–H and O–H groups in total. The summed E-state index contributed by atoms with van der Waals surface area (Å²) in [5, 5.41) is 19.7. The topological polar surface area (TPSA) is 74.6 Å². The highest BCUT2D eigenvalue weighted by Gasteiger charge is 2.39. The van der Waals surface area contributed by atoms with Crippen molar-refractivity contribution in [3.05, 3.63) is 71.8 Å². The minimum Gasteiger partial charge on any atom is -0.481 e. The summed E-state index contributed by atoms with van der Waals surface area (Å²) < 4.78 is 0. The zero-order valence-corrected chi connectivity index (χ0v) is 11.4. The number of ketones is 1. The number of aliphatic carboxylic acids is 1. The van der Waals surface area contributed by atoms with Gasteiger partial charge in [0.1, 0.15) is 0 Å². The Hall–Kier alpha value is -2.46. The molecule has 0 unspecified atom stereocenters. The van der Waals surface area contributed by atoms with Crippen LogP contribution >= 0.6 is 0 Å². The van der Waals surface area contributed by atoms with Crippen LogP contribution in [0.1, 0.15) is 24.0 Å². The lowest BCUT2D eigenvalue weighted by Crippen LogP contribution is -2.37. The molecule has 0 aliphatic heterocycles. The maximum atomic E-state index is 12.5. The fourth-order valence-corrected chi connectivity index (χ4v) is 2.25. The Kier molecular flexibility index (Phi) is 4.50. The SMILES string of the molecule is O=C(O)CCC(=O)C(O)(c1ccccc1)c1ccccc1. The van der Waals surface area contributed by atoms with E-state index in [1.165, 1.54) is 0 Å². The van der Waals surface area contributed by atoms with Gasteiger partial charge in [0.05, 0.1) is 6.42 Å². The molecule has 0 radical (unpaired) electrons. The molecule has 0 atom stereocenters. The Morgan fingerprint density at radius 2 is 1.24 bits per heavy atom. The molecule has 4 nitrogen and oxygen atoms in total. The van der Waals surface area contributed by atoms with Crippen molar-refractivity contribution >= 4 is 11.8 Å². The minimum absolute atomic E-state index is 0.227. The van der Waals surface area contributed by atoms with Gasteiger partial charge in [0, 0.05) is 6.42 Å². The van der Waals surface area contributed by atoms with E-state index in [0.717, 1.165) is 0 Å². The molecule has 0 bridgehead atoms. The molecular formula is C17H16O4. The highest BCUT2D eigenvalue weighted by Crippen LogP contribution is 2.31. The molecule has 0 amide bonds. The molecule has 2 aromatic rings. The van der Waals surface area contributed by atoms with Crippen molar-refractivity contribution < 1.29 is 19.8 Å². The van der Waals surface area contributed by atoms with Crippen molar-refractivity contribution in [2.24, 2.45) is 0 Å². The minimum atomic E-state index is -1.82. The first-order chi connectivity index (χ1) is 10.0. The van der Waals surface area contributed by atoms with E-state index in [1.807, 2.05) is 0 Å². The molecule has 0 heterocycles. The number of carboxylic acids is 1. The van der Waals surface area contributed by atoms with Crippen molar-refractivity contribution in [1.82, 2.24) is 0 Å². The monoisotopic (exact) mass is 284 g/mol. The molecule has 0 aliphatic rings. The zero-order chi connectivity index (χ0) is 15.3. The van der Waals surface area contributed by atoms with Crippen molar-refractivity contribution in [2.45, 2.75) is 18.4 Å². The highest BCUT2D eigenvalue weighted by atomic mass is 16.4. The number of carbonyl (C=O) groups excluding carboxylic acids is 1. The third-order valence-electron chi connectivity index (χ3n) is 3.35. The number of benzene rings is 2. The molecule has 0 aliphatic carbocycles. The maximum absolute atomic E-state index is 12.5. The highest BCUT2D eigenvalue weighted by molar-refractivity contribution is 5.93. The number of aliphatic hydroxyl groups is 1. The largest absolute Gasteiger partial charge is 0.481 e. The van der Waals surface area contributed by atoms with E-state index >= 15 is 0 Å². The Balaban J connectivity index is 2.45. The van der Waals surface area contributed by atoms with Crippen LogP contribution in [0.5, 0.6) is 0 Å². The van der Waals surface area contributed by atoms with Crippen LogP contribution in [0.25, 0.3) is 0 Å². The summed E-state index contributed by atoms with van der Waals surface area (Å²) in [7, 11) is 0. The van der Waals surface area contributed by atoms with Crippen molar-refractivity contribution in [3.63, 3.8) is 0 Å². The molecule has 4 heteroatoms. The van der Waals surface area contributed by atoms with Crippen molar-refractivity contribution in [2.75, 3.05) is 0 Å². The van der Waals surface area contributed by atoms with Crippen molar-refractivity contribution in [1.29, 1.82) is 0 Å². The molecule has 2 aromatic carbocycles. The lowest BCUT2D eigenvalue weighted by atomic mass is 9.81. The van der Waals surface area contributed by atoms with Crippen LogP contribution in [0.2, 0.25) is 0 Å². The Morgan fingerprint density at radius 1 is 0.810 bits per heavy atom. The van der Waals surface area contributed by atoms with Gasteiger partial charge >= 0.3 is 5.97 Å². The molecule has 0 aromatic heterocycles. The predicted molar refractivity (Wildman–Crippen MR) is 77.8 cm³/mol. The van der Waals surface area contributed by atoms with Gasteiger partial charge in [0.2, 0.25) is 0 Å². The van der Waals surface area contributed by atoms with Crippen LogP contribution in [0, 0.1) is 0 Å². The van der Waals surface area contributed by atoms with Crippen LogP contribution < -0.4 is 0 Å². The zero-order valence-electron chi connectivity index (χ0n) is 11.4. The summed E-state index contributed by atoms with van der Waals surface area (Å²) in [4.78, 5) is 23.1. The second-order valence-corrected chi connectivity index (χ2v) is 4.76. The van der Waals surface area contributed by atoms with E-state index in [1.54, 1.807) is 60.7 Å². The molecular weight excluding hydrogens is 268 g/mol. The van der Waals surface area contributed by atoms with Gasteiger partial charge in [-0.3, -0.25) is 9.59 Å². The summed E-state index contributed by atoms with van der Waals surface area (Å²) in [6.07, 6.45) is -0.531. The van der Waals surface area contributed by atoms with Gasteiger partial charge in [-0.05, 0) is 11.1 Å². The molecule has 0 spiro atoms. The van der Waals surface area contributed by atoms with Gasteiger partial charge in [-0.15, -0.1) is 0 Å². The number of hydrogen-bond acceptors (Lipinski definition) is 3. The predicted octanol–water partition coefficient (Wildman–Crippen LogP) is 2.36. The van der Waals surface area contributed by atoms with E-state index in [2.05, 4.69) is 0 Å². The van der Waals surface area contributed by atoms with Crippen LogP contribution in [-0.2, 0) is 15.2 Å². The van der Waals surface area contributed by atoms with Crippen LogP contribution in [-0.4, -0.2) is 22.0 Å². The van der Waals surface area contributed by atoms with Crippen LogP contribution in [0.15, 0.2) is 60.7 Å². The maximum Gasteiger partial charge on any atom is 0.303 e. The summed E-state index contributed by atoms with van der Waals surface area (Å²) in [5.74, 6) is -1.59. The van der Waals surface area contributed by atoms with Gasteiger partial charge in [-0.2, -0.15) is 0 Å². The number of carboxylic acid groups (broad SMARTS) is 1. The normalized spacial score (nSPS) is 11.1. The summed E-state index contributed by atoms with van der Waals surface area (Å²) in [6.45, 7) is 0. The Labute approximate surface area is 122 Å². The van der Waals surface area contributed by atoms with Gasteiger partial charge in [0.25, 0.3) is 0 Å². The second kappa shape index (κ2) is 6.33. The fourth-order valence-electron chi connectivity index (χ4n) is 2.25. The van der Waals surface area contributed by atoms with Gasteiger partial charge < -0.3 is 10.2 Å². The lowest BCUT2D eigenvalue weighted by molar-refractivity contribution is -0.141. The lowest BCUT2D eigenvalue weighted by Gasteiger charge is -2.27. The molecule has 0 saturated heterocycles. The Morgan fingerprint density at radius 3 is 1.62 bits per heavy atom. The Bertz CT molecular complexity index is 580. The molecule has 21 heavy (non-hydrogen) atoms. The summed E-state index contributed by atoms with van der Waals surface area (Å²) in [5.41, 5.74) is -0.948. The van der Waals surface area contributed by atoms with E-state index in [0.29, 0.717) is 11.1 Å². The van der Waals surface area contributed by atoms with E-state index in [9.17, 15) is 14.7 Å². The smallest absolute Gasteiger partial charge is 0.303 e. The van der Waals surface area contributed by atoms with Gasteiger partial charge in [0.15, 0.2) is 11.4 Å². The van der Waals surface area contributed by atoms with Crippen LogP contribution in [0.3, 0.4) is 0 Å². The summed E-state index contributed by atoms with van der Waals surface area (Å²) >= 11 is 0. The fraction of sp³-hybridized carbons (Fsp3) is 0.176. The standard InChI is InChI=1S/C17H16O4/c18-15(11-12-16(19)20)17(21,13-7-3-1-4-8-13)14-9-5-2-6-10-14/h1-10,21H,11-12H2,(H,19,20). The van der Waals surface area contributed by atoms with Crippen LogP contribution in [0.4, 0.5) is 0 Å². The first-order valence-corrected chi connectivity index (χ1v) is 6.63. The molecule has 108 valence electrons. The number of hydrogen-bond donors (Lipinski definition) is 2. The van der Waals surface area contributed by atoms with E-state index in [4.69, 9.17) is 5.11 Å². The average molecular weight is 284 g/mol.